The highest BCUT2D eigenvalue weighted by Crippen LogP contribution is 2.17. The van der Waals surface area contributed by atoms with Gasteiger partial charge in [-0.1, -0.05) is 13.8 Å². The van der Waals surface area contributed by atoms with Gasteiger partial charge in [-0.05, 0) is 30.5 Å². The Bertz CT molecular complexity index is 696. The van der Waals surface area contributed by atoms with E-state index in [-0.39, 0.29) is 5.91 Å². The highest BCUT2D eigenvalue weighted by atomic mass is 16.1. The predicted octanol–water partition coefficient (Wildman–Crippen LogP) is 1.97. The summed E-state index contributed by atoms with van der Waals surface area (Å²) in [5.41, 5.74) is 1.51. The molecule has 26 heavy (non-hydrogen) atoms. The molecule has 1 aliphatic heterocycles. The number of aromatic nitrogens is 3. The minimum atomic E-state index is -0.108. The third-order valence-corrected chi connectivity index (χ3v) is 4.47. The monoisotopic (exact) mass is 354 g/mol. The van der Waals surface area contributed by atoms with Gasteiger partial charge in [0, 0.05) is 45.1 Å². The molecule has 7 heteroatoms. The number of rotatable bonds is 6. The molecule has 1 amide bonds. The van der Waals surface area contributed by atoms with E-state index in [1.807, 2.05) is 12.1 Å². The first-order chi connectivity index (χ1) is 12.6. The van der Waals surface area contributed by atoms with Gasteiger partial charge in [-0.25, -0.2) is 15.0 Å². The summed E-state index contributed by atoms with van der Waals surface area (Å²) in [6, 6.07) is 5.59. The maximum absolute atomic E-state index is 12.1. The van der Waals surface area contributed by atoms with Crippen LogP contribution in [0.1, 0.15) is 30.8 Å². The van der Waals surface area contributed by atoms with Gasteiger partial charge in [0.25, 0.3) is 5.91 Å². The maximum Gasteiger partial charge on any atom is 0.269 e. The van der Waals surface area contributed by atoms with E-state index >= 15 is 0 Å². The van der Waals surface area contributed by atoms with Gasteiger partial charge in [-0.3, -0.25) is 4.79 Å². The Morgan fingerprint density at radius 3 is 2.38 bits per heavy atom. The molecule has 2 aromatic heterocycles. The number of amides is 1. The lowest BCUT2D eigenvalue weighted by atomic mass is 10.1. The lowest BCUT2D eigenvalue weighted by Crippen LogP contribution is -2.47. The molecule has 3 rings (SSSR count). The fraction of sp³-hybridized carbons (Fsp3) is 0.474. The molecular formula is C19H26N6O. The fourth-order valence-corrected chi connectivity index (χ4v) is 2.89. The quantitative estimate of drug-likeness (QED) is 0.855. The van der Waals surface area contributed by atoms with Crippen molar-refractivity contribution in [1.82, 2.24) is 20.3 Å². The Labute approximate surface area is 154 Å². The van der Waals surface area contributed by atoms with Crippen LogP contribution >= 0.6 is 0 Å². The van der Waals surface area contributed by atoms with Gasteiger partial charge >= 0.3 is 0 Å². The van der Waals surface area contributed by atoms with Crippen molar-refractivity contribution in [2.24, 2.45) is 5.92 Å². The summed E-state index contributed by atoms with van der Waals surface area (Å²) in [6.07, 6.45) is 6.29. The van der Waals surface area contributed by atoms with E-state index in [4.69, 9.17) is 0 Å². The lowest BCUT2D eigenvalue weighted by molar-refractivity contribution is 0.0947. The van der Waals surface area contributed by atoms with E-state index in [2.05, 4.69) is 43.9 Å². The number of nitrogens with zero attached hydrogens (tertiary/aromatic N) is 5. The highest BCUT2D eigenvalue weighted by molar-refractivity contribution is 5.92. The second-order valence-corrected chi connectivity index (χ2v) is 6.86. The molecular weight excluding hydrogens is 328 g/mol. The van der Waals surface area contributed by atoms with Gasteiger partial charge in [0.05, 0.1) is 11.9 Å². The van der Waals surface area contributed by atoms with Crippen LogP contribution in [-0.2, 0) is 0 Å². The standard InChI is InChI=1S/C19H26N6O/c1-15(2)6-9-20-18(26)17-5-4-16(14-23-17)24-10-12-25(13-11-24)19-21-7-3-8-22-19/h3-5,7-8,14-15H,6,9-13H2,1-2H3,(H,20,26). The van der Waals surface area contributed by atoms with Gasteiger partial charge in [-0.2, -0.15) is 0 Å². The Morgan fingerprint density at radius 2 is 1.77 bits per heavy atom. The first kappa shape index (κ1) is 18.1. The smallest absolute Gasteiger partial charge is 0.269 e. The van der Waals surface area contributed by atoms with Crippen LogP contribution in [0, 0.1) is 5.92 Å². The van der Waals surface area contributed by atoms with Crippen LogP contribution in [0.4, 0.5) is 11.6 Å². The zero-order chi connectivity index (χ0) is 18.4. The number of pyridine rings is 1. The minimum Gasteiger partial charge on any atom is -0.367 e. The summed E-state index contributed by atoms with van der Waals surface area (Å²) < 4.78 is 0. The summed E-state index contributed by atoms with van der Waals surface area (Å²) in [5.74, 6) is 1.24. The number of nitrogens with one attached hydrogen (secondary N) is 1. The van der Waals surface area contributed by atoms with Crippen LogP contribution in [0.15, 0.2) is 36.8 Å². The molecule has 2 aromatic rings. The van der Waals surface area contributed by atoms with Gasteiger partial charge in [0.2, 0.25) is 5.95 Å². The third kappa shape index (κ3) is 4.68. The van der Waals surface area contributed by atoms with E-state index < -0.39 is 0 Å². The molecule has 0 spiro atoms. The Morgan fingerprint density at radius 1 is 1.08 bits per heavy atom. The van der Waals surface area contributed by atoms with Crippen molar-refractivity contribution < 1.29 is 4.79 Å². The topological polar surface area (TPSA) is 74.2 Å². The summed E-state index contributed by atoms with van der Waals surface area (Å²) in [5, 5.41) is 2.92. The molecule has 7 nitrogen and oxygen atoms in total. The number of hydrogen-bond acceptors (Lipinski definition) is 6. The van der Waals surface area contributed by atoms with Crippen LogP contribution in [0.3, 0.4) is 0 Å². The van der Waals surface area contributed by atoms with Gasteiger partial charge in [0.15, 0.2) is 0 Å². The maximum atomic E-state index is 12.1. The molecule has 138 valence electrons. The molecule has 0 aliphatic carbocycles. The molecule has 0 aromatic carbocycles. The number of carbonyl (C=O) groups excluding carboxylic acids is 1. The molecule has 1 aliphatic rings. The summed E-state index contributed by atoms with van der Waals surface area (Å²) in [6.45, 7) is 8.44. The predicted molar refractivity (Wildman–Crippen MR) is 102 cm³/mol. The van der Waals surface area contributed by atoms with Gasteiger partial charge in [-0.15, -0.1) is 0 Å². The molecule has 1 saturated heterocycles. The fourth-order valence-electron chi connectivity index (χ4n) is 2.89. The molecule has 1 fully saturated rings. The van der Waals surface area contributed by atoms with Gasteiger partial charge in [0.1, 0.15) is 5.69 Å². The largest absolute Gasteiger partial charge is 0.367 e. The van der Waals surface area contributed by atoms with E-state index in [0.29, 0.717) is 18.2 Å². The van der Waals surface area contributed by atoms with Crippen LogP contribution in [-0.4, -0.2) is 53.6 Å². The van der Waals surface area contributed by atoms with Crippen molar-refractivity contribution in [1.29, 1.82) is 0 Å². The number of carbonyl (C=O) groups is 1. The van der Waals surface area contributed by atoms with E-state index in [1.54, 1.807) is 24.7 Å². The van der Waals surface area contributed by atoms with Crippen molar-refractivity contribution in [3.63, 3.8) is 0 Å². The van der Waals surface area contributed by atoms with Crippen LogP contribution in [0.5, 0.6) is 0 Å². The molecule has 0 atom stereocenters. The average Bonchev–Trinajstić information content (AvgIpc) is 2.68. The van der Waals surface area contributed by atoms with Gasteiger partial charge < -0.3 is 15.1 Å². The number of piperazine rings is 1. The zero-order valence-corrected chi connectivity index (χ0v) is 15.4. The molecule has 3 heterocycles. The average molecular weight is 354 g/mol. The molecule has 0 bridgehead atoms. The lowest BCUT2D eigenvalue weighted by Gasteiger charge is -2.35. The van der Waals surface area contributed by atoms with Crippen molar-refractivity contribution in [2.45, 2.75) is 20.3 Å². The molecule has 1 N–H and O–H groups in total. The van der Waals surface area contributed by atoms with Crippen LogP contribution < -0.4 is 15.1 Å². The SMILES string of the molecule is CC(C)CCNC(=O)c1ccc(N2CCN(c3ncccn3)CC2)cn1. The van der Waals surface area contributed by atoms with E-state index in [1.165, 1.54) is 0 Å². The first-order valence-electron chi connectivity index (χ1n) is 9.14. The van der Waals surface area contributed by atoms with Crippen molar-refractivity contribution in [2.75, 3.05) is 42.5 Å². The third-order valence-electron chi connectivity index (χ3n) is 4.47. The Kier molecular flexibility index (Phi) is 5.99. The molecule has 0 radical (unpaired) electrons. The summed E-state index contributed by atoms with van der Waals surface area (Å²) in [7, 11) is 0. The summed E-state index contributed by atoms with van der Waals surface area (Å²) in [4.78, 5) is 29.5. The molecule has 0 unspecified atom stereocenters. The Balaban J connectivity index is 1.52. The normalized spacial score (nSPS) is 14.6. The molecule has 0 saturated carbocycles. The zero-order valence-electron chi connectivity index (χ0n) is 15.4. The highest BCUT2D eigenvalue weighted by Gasteiger charge is 2.19. The van der Waals surface area contributed by atoms with Crippen molar-refractivity contribution in [3.05, 3.63) is 42.5 Å². The van der Waals surface area contributed by atoms with Crippen molar-refractivity contribution >= 4 is 17.5 Å². The first-order valence-corrected chi connectivity index (χ1v) is 9.14. The summed E-state index contributed by atoms with van der Waals surface area (Å²) >= 11 is 0. The Hall–Kier alpha value is -2.70. The second kappa shape index (κ2) is 8.60. The minimum absolute atomic E-state index is 0.108. The van der Waals surface area contributed by atoms with E-state index in [9.17, 15) is 4.79 Å². The number of anilines is 2. The van der Waals surface area contributed by atoms with Crippen LogP contribution in [0.2, 0.25) is 0 Å². The van der Waals surface area contributed by atoms with Crippen molar-refractivity contribution in [3.8, 4) is 0 Å². The second-order valence-electron chi connectivity index (χ2n) is 6.86. The van der Waals surface area contributed by atoms with E-state index in [0.717, 1.165) is 44.2 Å². The van der Waals surface area contributed by atoms with Crippen LogP contribution in [0.25, 0.3) is 0 Å². The number of hydrogen-bond donors (Lipinski definition) is 1.